The maximum atomic E-state index is 11.1. The van der Waals surface area contributed by atoms with Crippen LogP contribution in [-0.4, -0.2) is 47.0 Å². The summed E-state index contributed by atoms with van der Waals surface area (Å²) in [5, 5.41) is 13.8. The molecule has 0 aliphatic carbocycles. The van der Waals surface area contributed by atoms with E-state index in [9.17, 15) is 8.42 Å². The summed E-state index contributed by atoms with van der Waals surface area (Å²) < 4.78 is 26.2. The Balaban J connectivity index is 2.58. The summed E-state index contributed by atoms with van der Waals surface area (Å²) in [6.07, 6.45) is 1.12. The molecule has 1 rings (SSSR count). The molecule has 0 spiro atoms. The van der Waals surface area contributed by atoms with Gasteiger partial charge in [0.05, 0.1) is 6.26 Å². The van der Waals surface area contributed by atoms with Gasteiger partial charge in [0.1, 0.15) is 0 Å². The van der Waals surface area contributed by atoms with Crippen LogP contribution in [0.25, 0.3) is 0 Å². The first-order chi connectivity index (χ1) is 7.20. The Hall–Kier alpha value is -1.22. The molecule has 0 unspecified atom stereocenters. The van der Waals surface area contributed by atoms with Crippen LogP contribution in [0, 0.1) is 0 Å². The van der Waals surface area contributed by atoms with Crippen molar-refractivity contribution in [2.24, 2.45) is 7.05 Å². The van der Waals surface area contributed by atoms with E-state index in [2.05, 4.69) is 25.6 Å². The lowest BCUT2D eigenvalue weighted by Crippen LogP contribution is -2.48. The predicted octanol–water partition coefficient (Wildman–Crippen LogP) is -1.05. The molecule has 16 heavy (non-hydrogen) atoms. The van der Waals surface area contributed by atoms with Gasteiger partial charge in [-0.25, -0.2) is 17.8 Å². The van der Waals surface area contributed by atoms with Gasteiger partial charge in [0.15, 0.2) is 0 Å². The average Bonchev–Trinajstić information content (AvgIpc) is 2.43. The molecule has 0 aromatic carbocycles. The number of aryl methyl sites for hydroxylation is 1. The monoisotopic (exact) mass is 248 g/mol. The van der Waals surface area contributed by atoms with Crippen LogP contribution in [0.5, 0.6) is 0 Å². The topological polar surface area (TPSA) is 102 Å². The first-order valence-electron chi connectivity index (χ1n) is 4.65. The maximum Gasteiger partial charge on any atom is 0.242 e. The zero-order valence-corrected chi connectivity index (χ0v) is 10.5. The molecule has 8 nitrogen and oxygen atoms in total. The molecular formula is C7H16N6O2S. The fourth-order valence-corrected chi connectivity index (χ4v) is 2.29. The number of sulfonamides is 1. The highest BCUT2D eigenvalue weighted by Gasteiger charge is 2.22. The highest BCUT2D eigenvalue weighted by molar-refractivity contribution is 7.88. The third kappa shape index (κ3) is 4.11. The van der Waals surface area contributed by atoms with Crippen molar-refractivity contribution in [2.45, 2.75) is 19.4 Å². The largest absolute Gasteiger partial charge is 0.351 e. The van der Waals surface area contributed by atoms with E-state index >= 15 is 0 Å². The molecule has 9 heteroatoms. The minimum absolute atomic E-state index is 0.383. The summed E-state index contributed by atoms with van der Waals surface area (Å²) in [5.41, 5.74) is -0.612. The lowest BCUT2D eigenvalue weighted by atomic mass is 10.1. The summed E-state index contributed by atoms with van der Waals surface area (Å²) in [6, 6.07) is 0. The van der Waals surface area contributed by atoms with Crippen LogP contribution < -0.4 is 10.0 Å². The molecule has 0 saturated carbocycles. The lowest BCUT2D eigenvalue weighted by Gasteiger charge is -2.25. The quantitative estimate of drug-likeness (QED) is 0.689. The molecule has 1 aromatic rings. The molecule has 0 atom stereocenters. The van der Waals surface area contributed by atoms with Crippen LogP contribution in [0.4, 0.5) is 5.95 Å². The van der Waals surface area contributed by atoms with E-state index in [0.717, 1.165) is 6.26 Å². The van der Waals surface area contributed by atoms with Crippen LogP contribution >= 0.6 is 0 Å². The van der Waals surface area contributed by atoms with E-state index in [-0.39, 0.29) is 0 Å². The summed E-state index contributed by atoms with van der Waals surface area (Å²) in [7, 11) is -1.54. The van der Waals surface area contributed by atoms with Gasteiger partial charge in [0.25, 0.3) is 0 Å². The molecule has 0 saturated heterocycles. The number of tetrazole rings is 1. The third-order valence-corrected chi connectivity index (χ3v) is 2.69. The Kier molecular flexibility index (Phi) is 3.48. The first kappa shape index (κ1) is 12.8. The molecule has 0 bridgehead atoms. The van der Waals surface area contributed by atoms with Gasteiger partial charge in [0.2, 0.25) is 16.0 Å². The highest BCUT2D eigenvalue weighted by atomic mass is 32.2. The summed E-state index contributed by atoms with van der Waals surface area (Å²) >= 11 is 0. The second kappa shape index (κ2) is 4.34. The number of nitrogens with zero attached hydrogens (tertiary/aromatic N) is 4. The average molecular weight is 248 g/mol. The SMILES string of the molecule is Cn1nnnc1NCC(C)(C)NS(C)(=O)=O. The van der Waals surface area contributed by atoms with Crippen LogP contribution in [0.3, 0.4) is 0 Å². The van der Waals surface area contributed by atoms with Crippen LogP contribution in [0.1, 0.15) is 13.8 Å². The van der Waals surface area contributed by atoms with E-state index < -0.39 is 15.6 Å². The Morgan fingerprint density at radius 1 is 1.44 bits per heavy atom. The first-order valence-corrected chi connectivity index (χ1v) is 6.54. The second-order valence-electron chi connectivity index (χ2n) is 4.24. The van der Waals surface area contributed by atoms with Crippen molar-refractivity contribution >= 4 is 16.0 Å². The fourth-order valence-electron chi connectivity index (χ4n) is 1.22. The van der Waals surface area contributed by atoms with Crippen LogP contribution in [-0.2, 0) is 17.1 Å². The van der Waals surface area contributed by atoms with Gasteiger partial charge < -0.3 is 5.32 Å². The summed E-state index contributed by atoms with van der Waals surface area (Å²) in [6.45, 7) is 3.92. The summed E-state index contributed by atoms with van der Waals surface area (Å²) in [4.78, 5) is 0. The molecule has 2 N–H and O–H groups in total. The molecule has 1 heterocycles. The highest BCUT2D eigenvalue weighted by Crippen LogP contribution is 2.05. The predicted molar refractivity (Wildman–Crippen MR) is 59.3 cm³/mol. The molecular weight excluding hydrogens is 232 g/mol. The molecule has 92 valence electrons. The lowest BCUT2D eigenvalue weighted by molar-refractivity contribution is 0.474. The van der Waals surface area contributed by atoms with E-state index in [0.29, 0.717) is 12.5 Å². The van der Waals surface area contributed by atoms with Gasteiger partial charge in [-0.1, -0.05) is 5.10 Å². The van der Waals surface area contributed by atoms with Crippen LogP contribution in [0.15, 0.2) is 0 Å². The van der Waals surface area contributed by atoms with Gasteiger partial charge in [-0.15, -0.1) is 0 Å². The van der Waals surface area contributed by atoms with Gasteiger partial charge >= 0.3 is 0 Å². The Labute approximate surface area is 94.5 Å². The van der Waals surface area contributed by atoms with Crippen molar-refractivity contribution in [1.82, 2.24) is 24.9 Å². The Bertz CT molecular complexity index is 451. The fraction of sp³-hybridized carbons (Fsp3) is 0.857. The van der Waals surface area contributed by atoms with Crippen molar-refractivity contribution in [3.05, 3.63) is 0 Å². The van der Waals surface area contributed by atoms with Gasteiger partial charge in [0, 0.05) is 19.1 Å². The molecule has 0 fully saturated rings. The second-order valence-corrected chi connectivity index (χ2v) is 5.99. The van der Waals surface area contributed by atoms with Crippen molar-refractivity contribution in [3.8, 4) is 0 Å². The van der Waals surface area contributed by atoms with Crippen LogP contribution in [0.2, 0.25) is 0 Å². The number of anilines is 1. The van der Waals surface area contributed by atoms with Crippen molar-refractivity contribution in [2.75, 3.05) is 18.1 Å². The van der Waals surface area contributed by atoms with Gasteiger partial charge in [-0.2, -0.15) is 0 Å². The summed E-state index contributed by atoms with van der Waals surface area (Å²) in [5.74, 6) is 0.489. The van der Waals surface area contributed by atoms with E-state index in [1.54, 1.807) is 20.9 Å². The van der Waals surface area contributed by atoms with Gasteiger partial charge in [-0.05, 0) is 24.3 Å². The standard InChI is InChI=1S/C7H16N6O2S/c1-7(2,10-16(4,14)15)5-8-6-9-11-12-13(6)3/h10H,5H2,1-4H3,(H,8,9,12). The molecule has 0 aliphatic rings. The van der Waals surface area contributed by atoms with E-state index in [1.807, 2.05) is 0 Å². The molecule has 0 radical (unpaired) electrons. The number of aromatic nitrogens is 4. The zero-order chi connectivity index (χ0) is 12.4. The van der Waals surface area contributed by atoms with E-state index in [1.165, 1.54) is 4.68 Å². The number of hydrogen-bond acceptors (Lipinski definition) is 6. The molecule has 0 amide bonds. The molecule has 0 aliphatic heterocycles. The Morgan fingerprint density at radius 2 is 2.06 bits per heavy atom. The van der Waals surface area contributed by atoms with E-state index in [4.69, 9.17) is 0 Å². The zero-order valence-electron chi connectivity index (χ0n) is 9.72. The van der Waals surface area contributed by atoms with Crippen molar-refractivity contribution in [3.63, 3.8) is 0 Å². The third-order valence-electron chi connectivity index (χ3n) is 1.77. The Morgan fingerprint density at radius 3 is 2.50 bits per heavy atom. The maximum absolute atomic E-state index is 11.1. The number of nitrogens with one attached hydrogen (secondary N) is 2. The smallest absolute Gasteiger partial charge is 0.242 e. The number of hydrogen-bond donors (Lipinski definition) is 2. The minimum Gasteiger partial charge on any atom is -0.351 e. The van der Waals surface area contributed by atoms with Crippen molar-refractivity contribution in [1.29, 1.82) is 0 Å². The normalized spacial score (nSPS) is 12.8. The molecule has 1 aromatic heterocycles. The minimum atomic E-state index is -3.23. The van der Waals surface area contributed by atoms with Crippen molar-refractivity contribution < 1.29 is 8.42 Å². The van der Waals surface area contributed by atoms with Gasteiger partial charge in [-0.3, -0.25) is 0 Å². The number of rotatable bonds is 5.